The first-order chi connectivity index (χ1) is 15.4. The summed E-state index contributed by atoms with van der Waals surface area (Å²) in [6, 6.07) is 10.9. The Labute approximate surface area is 186 Å². The van der Waals surface area contributed by atoms with Crippen LogP contribution in [0.2, 0.25) is 0 Å². The molecule has 2 aromatic heterocycles. The molecule has 0 radical (unpaired) electrons. The molecule has 168 valence electrons. The molecule has 3 aromatic rings. The first kappa shape index (κ1) is 22.9. The van der Waals surface area contributed by atoms with E-state index in [0.717, 1.165) is 11.3 Å². The summed E-state index contributed by atoms with van der Waals surface area (Å²) in [5.41, 5.74) is 1.32. The first-order valence-electron chi connectivity index (χ1n) is 10.4. The Morgan fingerprint density at radius 1 is 1.25 bits per heavy atom. The van der Waals surface area contributed by atoms with Crippen LogP contribution in [-0.4, -0.2) is 27.8 Å². The van der Waals surface area contributed by atoms with Gasteiger partial charge < -0.3 is 19.2 Å². The zero-order chi connectivity index (χ0) is 23.1. The largest absolute Gasteiger partial charge is 0.485 e. The second kappa shape index (κ2) is 10.5. The lowest BCUT2D eigenvalue weighted by Crippen LogP contribution is -2.17. The number of hydrogen-bond donors (Lipinski definition) is 1. The lowest BCUT2D eigenvalue weighted by molar-refractivity contribution is 0.0371. The van der Waals surface area contributed by atoms with Crippen molar-refractivity contribution in [3.63, 3.8) is 0 Å². The van der Waals surface area contributed by atoms with Crippen molar-refractivity contribution in [3.05, 3.63) is 78.0 Å². The fourth-order valence-electron chi connectivity index (χ4n) is 2.97. The van der Waals surface area contributed by atoms with Gasteiger partial charge in [-0.1, -0.05) is 24.3 Å². The number of anilines is 1. The number of aromatic nitrogens is 2. The summed E-state index contributed by atoms with van der Waals surface area (Å²) in [5, 5.41) is 6.87. The van der Waals surface area contributed by atoms with Crippen molar-refractivity contribution in [2.24, 2.45) is 0 Å². The SMILES string of the molecule is C=CCc1ccccc1OCc1ccc(C(=O)Nc2cn(CC)nc2C(=O)OC(C)C)o1. The van der Waals surface area contributed by atoms with Crippen LogP contribution in [0.3, 0.4) is 0 Å². The Hall–Kier alpha value is -3.81. The second-order valence-corrected chi connectivity index (χ2v) is 7.31. The molecule has 0 saturated carbocycles. The van der Waals surface area contributed by atoms with E-state index in [9.17, 15) is 9.59 Å². The summed E-state index contributed by atoms with van der Waals surface area (Å²) >= 11 is 0. The number of furan rings is 1. The normalized spacial score (nSPS) is 10.8. The molecule has 1 amide bonds. The maximum Gasteiger partial charge on any atom is 0.361 e. The quantitative estimate of drug-likeness (QED) is 0.367. The van der Waals surface area contributed by atoms with Crippen LogP contribution < -0.4 is 10.1 Å². The molecule has 0 saturated heterocycles. The number of nitrogens with one attached hydrogen (secondary N) is 1. The van der Waals surface area contributed by atoms with Gasteiger partial charge in [-0.05, 0) is 51.0 Å². The van der Waals surface area contributed by atoms with E-state index in [1.54, 1.807) is 36.9 Å². The fraction of sp³-hybridized carbons (Fsp3) is 0.292. The van der Waals surface area contributed by atoms with Gasteiger partial charge >= 0.3 is 5.97 Å². The standard InChI is InChI=1S/C24H27N3O5/c1-5-9-17-10-7-8-11-20(17)30-15-18-12-13-21(32-18)23(28)25-19-14-27(6-2)26-22(19)24(29)31-16(3)4/h5,7-8,10-14,16H,1,6,9,15H2,2-4H3,(H,25,28). The van der Waals surface area contributed by atoms with E-state index in [4.69, 9.17) is 13.9 Å². The maximum atomic E-state index is 12.7. The van der Waals surface area contributed by atoms with Crippen LogP contribution >= 0.6 is 0 Å². The minimum Gasteiger partial charge on any atom is -0.485 e. The van der Waals surface area contributed by atoms with E-state index in [2.05, 4.69) is 17.0 Å². The lowest BCUT2D eigenvalue weighted by Gasteiger charge is -2.09. The summed E-state index contributed by atoms with van der Waals surface area (Å²) in [4.78, 5) is 25.0. The minimum absolute atomic E-state index is 0.0443. The molecule has 0 spiro atoms. The third kappa shape index (κ3) is 5.66. The number of amides is 1. The van der Waals surface area contributed by atoms with Crippen LogP contribution in [0.15, 0.2) is 59.7 Å². The van der Waals surface area contributed by atoms with Gasteiger partial charge in [0, 0.05) is 12.7 Å². The minimum atomic E-state index is -0.603. The molecular formula is C24H27N3O5. The van der Waals surface area contributed by atoms with Gasteiger partial charge in [-0.2, -0.15) is 5.10 Å². The van der Waals surface area contributed by atoms with Crippen molar-refractivity contribution in [1.29, 1.82) is 0 Å². The molecule has 8 nitrogen and oxygen atoms in total. The number of allylic oxidation sites excluding steroid dienone is 1. The number of para-hydroxylation sites is 1. The highest BCUT2D eigenvalue weighted by atomic mass is 16.5. The second-order valence-electron chi connectivity index (χ2n) is 7.31. The molecule has 0 aliphatic carbocycles. The van der Waals surface area contributed by atoms with Crippen LogP contribution in [0.25, 0.3) is 0 Å². The molecule has 1 aromatic carbocycles. The first-order valence-corrected chi connectivity index (χ1v) is 10.4. The monoisotopic (exact) mass is 437 g/mol. The number of rotatable bonds is 10. The molecule has 0 bridgehead atoms. The van der Waals surface area contributed by atoms with Gasteiger partial charge in [0.25, 0.3) is 5.91 Å². The summed E-state index contributed by atoms with van der Waals surface area (Å²) in [7, 11) is 0. The van der Waals surface area contributed by atoms with Gasteiger partial charge in [-0.15, -0.1) is 6.58 Å². The number of benzene rings is 1. The topological polar surface area (TPSA) is 95.6 Å². The van der Waals surface area contributed by atoms with Gasteiger partial charge in [-0.25, -0.2) is 4.79 Å². The summed E-state index contributed by atoms with van der Waals surface area (Å²) in [6.07, 6.45) is 3.78. The predicted molar refractivity (Wildman–Crippen MR) is 120 cm³/mol. The van der Waals surface area contributed by atoms with Crippen molar-refractivity contribution in [3.8, 4) is 5.75 Å². The van der Waals surface area contributed by atoms with Gasteiger partial charge in [0.2, 0.25) is 0 Å². The molecule has 0 fully saturated rings. The molecular weight excluding hydrogens is 410 g/mol. The summed E-state index contributed by atoms with van der Waals surface area (Å²) < 4.78 is 18.2. The van der Waals surface area contributed by atoms with E-state index in [0.29, 0.717) is 18.7 Å². The summed E-state index contributed by atoms with van der Waals surface area (Å²) in [5.74, 6) is 0.213. The Morgan fingerprint density at radius 2 is 2.03 bits per heavy atom. The highest BCUT2D eigenvalue weighted by molar-refractivity contribution is 6.06. The summed E-state index contributed by atoms with van der Waals surface area (Å²) in [6.45, 7) is 9.83. The molecule has 0 unspecified atom stereocenters. The molecule has 0 atom stereocenters. The molecule has 1 N–H and O–H groups in total. The average molecular weight is 437 g/mol. The number of esters is 1. The number of carbonyl (C=O) groups is 2. The molecule has 0 aliphatic rings. The van der Waals surface area contributed by atoms with Gasteiger partial charge in [0.05, 0.1) is 11.8 Å². The van der Waals surface area contributed by atoms with Crippen molar-refractivity contribution in [1.82, 2.24) is 9.78 Å². The van der Waals surface area contributed by atoms with Crippen molar-refractivity contribution in [2.45, 2.75) is 46.4 Å². The van der Waals surface area contributed by atoms with E-state index in [-0.39, 0.29) is 29.9 Å². The number of carbonyl (C=O) groups excluding carboxylic acids is 2. The van der Waals surface area contributed by atoms with Crippen LogP contribution in [0.1, 0.15) is 53.1 Å². The molecule has 3 rings (SSSR count). The van der Waals surface area contributed by atoms with E-state index >= 15 is 0 Å². The fourth-order valence-corrected chi connectivity index (χ4v) is 2.97. The average Bonchev–Trinajstić information content (AvgIpc) is 3.40. The number of nitrogens with zero attached hydrogens (tertiary/aromatic N) is 2. The van der Waals surface area contributed by atoms with Gasteiger partial charge in [0.1, 0.15) is 18.1 Å². The highest BCUT2D eigenvalue weighted by Crippen LogP contribution is 2.22. The maximum absolute atomic E-state index is 12.7. The Kier molecular flexibility index (Phi) is 7.49. The van der Waals surface area contributed by atoms with Crippen LogP contribution in [0.4, 0.5) is 5.69 Å². The Balaban J connectivity index is 1.68. The van der Waals surface area contributed by atoms with Crippen molar-refractivity contribution < 1.29 is 23.5 Å². The number of ether oxygens (including phenoxy) is 2. The third-order valence-corrected chi connectivity index (χ3v) is 4.46. The van der Waals surface area contributed by atoms with Crippen molar-refractivity contribution >= 4 is 17.6 Å². The van der Waals surface area contributed by atoms with Gasteiger partial charge in [-0.3, -0.25) is 9.48 Å². The highest BCUT2D eigenvalue weighted by Gasteiger charge is 2.22. The van der Waals surface area contributed by atoms with Crippen LogP contribution in [0.5, 0.6) is 5.75 Å². The van der Waals surface area contributed by atoms with Crippen LogP contribution in [0, 0.1) is 0 Å². The number of hydrogen-bond acceptors (Lipinski definition) is 6. The molecule has 8 heteroatoms. The lowest BCUT2D eigenvalue weighted by atomic mass is 10.1. The zero-order valence-electron chi connectivity index (χ0n) is 18.5. The number of aryl methyl sites for hydroxylation is 1. The van der Waals surface area contributed by atoms with E-state index in [1.807, 2.05) is 37.3 Å². The predicted octanol–water partition coefficient (Wildman–Crippen LogP) is 4.62. The van der Waals surface area contributed by atoms with Crippen LogP contribution in [-0.2, 0) is 24.3 Å². The molecule has 0 aliphatic heterocycles. The molecule has 32 heavy (non-hydrogen) atoms. The third-order valence-electron chi connectivity index (χ3n) is 4.46. The smallest absolute Gasteiger partial charge is 0.361 e. The van der Waals surface area contributed by atoms with E-state index in [1.165, 1.54) is 0 Å². The molecule has 2 heterocycles. The van der Waals surface area contributed by atoms with Crippen molar-refractivity contribution in [2.75, 3.05) is 5.32 Å². The zero-order valence-corrected chi connectivity index (χ0v) is 18.5. The van der Waals surface area contributed by atoms with E-state index < -0.39 is 11.9 Å². The van der Waals surface area contributed by atoms with Gasteiger partial charge in [0.15, 0.2) is 11.5 Å². The Bertz CT molecular complexity index is 1100. The Morgan fingerprint density at radius 3 is 2.75 bits per heavy atom.